The van der Waals surface area contributed by atoms with Crippen molar-refractivity contribution in [3.8, 4) is 5.75 Å². The van der Waals surface area contributed by atoms with Crippen molar-refractivity contribution >= 4 is 15.9 Å². The summed E-state index contributed by atoms with van der Waals surface area (Å²) in [6, 6.07) is 6.50. The standard InChI is InChI=1S/C17H22N4O4S/c1-12-10-14(4-5-16(12)25-3)26(23,24)21-8-6-20(7-9-21)17(22)15-11-13(2)18-19-15/h4-5,10-11H,6-9H2,1-3H3,(H,18,19). The van der Waals surface area contributed by atoms with E-state index in [0.717, 1.165) is 11.3 Å². The van der Waals surface area contributed by atoms with Crippen molar-refractivity contribution in [1.82, 2.24) is 19.4 Å². The smallest absolute Gasteiger partial charge is 0.274 e. The Morgan fingerprint density at radius 1 is 1.15 bits per heavy atom. The summed E-state index contributed by atoms with van der Waals surface area (Å²) in [7, 11) is -2.05. The number of sulfonamides is 1. The number of aryl methyl sites for hydroxylation is 2. The molecule has 1 amide bonds. The number of nitrogens with one attached hydrogen (secondary N) is 1. The molecule has 1 saturated heterocycles. The van der Waals surface area contributed by atoms with Crippen molar-refractivity contribution in [2.24, 2.45) is 0 Å². The number of rotatable bonds is 4. The highest BCUT2D eigenvalue weighted by atomic mass is 32.2. The number of nitrogens with zero attached hydrogens (tertiary/aromatic N) is 3. The van der Waals surface area contributed by atoms with Gasteiger partial charge in [-0.1, -0.05) is 0 Å². The first-order valence-corrected chi connectivity index (χ1v) is 9.73. The van der Waals surface area contributed by atoms with Crippen LogP contribution in [0.1, 0.15) is 21.7 Å². The first-order chi connectivity index (χ1) is 12.3. The van der Waals surface area contributed by atoms with Gasteiger partial charge in [-0.15, -0.1) is 0 Å². The van der Waals surface area contributed by atoms with Gasteiger partial charge in [0.05, 0.1) is 12.0 Å². The van der Waals surface area contributed by atoms with Gasteiger partial charge < -0.3 is 9.64 Å². The highest BCUT2D eigenvalue weighted by Gasteiger charge is 2.31. The molecule has 0 bridgehead atoms. The van der Waals surface area contributed by atoms with Gasteiger partial charge >= 0.3 is 0 Å². The molecule has 0 aliphatic carbocycles. The van der Waals surface area contributed by atoms with Crippen molar-refractivity contribution < 1.29 is 17.9 Å². The Hall–Kier alpha value is -2.39. The second-order valence-corrected chi connectivity index (χ2v) is 8.20. The SMILES string of the molecule is COc1ccc(S(=O)(=O)N2CCN(C(=O)c3cc(C)[nH]n3)CC2)cc1C. The van der Waals surface area contributed by atoms with Crippen LogP contribution in [-0.4, -0.2) is 67.0 Å². The van der Waals surface area contributed by atoms with E-state index in [-0.39, 0.29) is 23.9 Å². The summed E-state index contributed by atoms with van der Waals surface area (Å²) in [5.74, 6) is 0.459. The van der Waals surface area contributed by atoms with Crippen molar-refractivity contribution in [2.45, 2.75) is 18.7 Å². The minimum Gasteiger partial charge on any atom is -0.496 e. The Labute approximate surface area is 152 Å². The largest absolute Gasteiger partial charge is 0.496 e. The molecule has 9 heteroatoms. The first-order valence-electron chi connectivity index (χ1n) is 8.29. The van der Waals surface area contributed by atoms with Crippen LogP contribution in [0.2, 0.25) is 0 Å². The van der Waals surface area contributed by atoms with Crippen LogP contribution in [0.15, 0.2) is 29.2 Å². The van der Waals surface area contributed by atoms with Crippen LogP contribution in [-0.2, 0) is 10.0 Å². The molecule has 1 fully saturated rings. The van der Waals surface area contributed by atoms with Gasteiger partial charge in [-0.3, -0.25) is 9.89 Å². The molecule has 0 saturated carbocycles. The molecule has 2 aromatic rings. The van der Waals surface area contributed by atoms with Gasteiger partial charge in [0, 0.05) is 31.9 Å². The van der Waals surface area contributed by atoms with Gasteiger partial charge in [0.2, 0.25) is 10.0 Å². The molecular weight excluding hydrogens is 356 g/mol. The Kier molecular flexibility index (Phi) is 5.01. The summed E-state index contributed by atoms with van der Waals surface area (Å²) < 4.78 is 32.3. The number of carbonyl (C=O) groups excluding carboxylic acids is 1. The lowest BCUT2D eigenvalue weighted by Gasteiger charge is -2.33. The fourth-order valence-corrected chi connectivity index (χ4v) is 4.49. The molecular formula is C17H22N4O4S. The molecule has 0 unspecified atom stereocenters. The number of aromatic nitrogens is 2. The summed E-state index contributed by atoms with van der Waals surface area (Å²) in [5, 5.41) is 6.72. The molecule has 8 nitrogen and oxygen atoms in total. The maximum Gasteiger partial charge on any atom is 0.274 e. The zero-order chi connectivity index (χ0) is 18.9. The predicted molar refractivity (Wildman–Crippen MR) is 95.7 cm³/mol. The number of piperazine rings is 1. The van der Waals surface area contributed by atoms with E-state index in [1.165, 1.54) is 4.31 Å². The Morgan fingerprint density at radius 3 is 2.38 bits per heavy atom. The van der Waals surface area contributed by atoms with E-state index in [0.29, 0.717) is 24.5 Å². The lowest BCUT2D eigenvalue weighted by molar-refractivity contribution is 0.0692. The van der Waals surface area contributed by atoms with Crippen LogP contribution in [0.25, 0.3) is 0 Å². The third kappa shape index (κ3) is 3.45. The van der Waals surface area contributed by atoms with Crippen LogP contribution < -0.4 is 4.74 Å². The van der Waals surface area contributed by atoms with E-state index in [1.807, 2.05) is 6.92 Å². The maximum absolute atomic E-state index is 12.9. The topological polar surface area (TPSA) is 95.6 Å². The first kappa shape index (κ1) is 18.4. The second kappa shape index (κ2) is 7.08. The van der Waals surface area contributed by atoms with Gasteiger partial charge in [0.1, 0.15) is 11.4 Å². The van der Waals surface area contributed by atoms with Crippen LogP contribution in [0.4, 0.5) is 0 Å². The van der Waals surface area contributed by atoms with Gasteiger partial charge in [-0.25, -0.2) is 8.42 Å². The fraction of sp³-hybridized carbons (Fsp3) is 0.412. The number of benzene rings is 1. The van der Waals surface area contributed by atoms with Crippen LogP contribution in [0.3, 0.4) is 0 Å². The third-order valence-electron chi connectivity index (χ3n) is 4.45. The van der Waals surface area contributed by atoms with E-state index in [2.05, 4.69) is 10.2 Å². The zero-order valence-corrected chi connectivity index (χ0v) is 15.8. The molecule has 1 aliphatic rings. The molecule has 0 atom stereocenters. The zero-order valence-electron chi connectivity index (χ0n) is 15.0. The molecule has 2 heterocycles. The number of ether oxygens (including phenoxy) is 1. The number of amides is 1. The van der Waals surface area contributed by atoms with Gasteiger partial charge in [0.25, 0.3) is 5.91 Å². The fourth-order valence-electron chi connectivity index (χ4n) is 2.98. The van der Waals surface area contributed by atoms with Crippen molar-refractivity contribution in [2.75, 3.05) is 33.3 Å². The Balaban J connectivity index is 1.70. The molecule has 26 heavy (non-hydrogen) atoms. The molecule has 0 radical (unpaired) electrons. The van der Waals surface area contributed by atoms with Crippen molar-refractivity contribution in [1.29, 1.82) is 0 Å². The number of methoxy groups -OCH3 is 1. The van der Waals surface area contributed by atoms with Crippen LogP contribution in [0, 0.1) is 13.8 Å². The Morgan fingerprint density at radius 2 is 1.85 bits per heavy atom. The highest BCUT2D eigenvalue weighted by Crippen LogP contribution is 2.24. The van der Waals surface area contributed by atoms with E-state index in [4.69, 9.17) is 4.74 Å². The minimum absolute atomic E-state index is 0.188. The van der Waals surface area contributed by atoms with Crippen molar-refractivity contribution in [3.05, 3.63) is 41.2 Å². The number of carbonyl (C=O) groups is 1. The molecule has 140 valence electrons. The van der Waals surface area contributed by atoms with E-state index in [9.17, 15) is 13.2 Å². The summed E-state index contributed by atoms with van der Waals surface area (Å²) >= 11 is 0. The average molecular weight is 378 g/mol. The highest BCUT2D eigenvalue weighted by molar-refractivity contribution is 7.89. The second-order valence-electron chi connectivity index (χ2n) is 6.26. The monoisotopic (exact) mass is 378 g/mol. The maximum atomic E-state index is 12.9. The number of aromatic amines is 1. The quantitative estimate of drug-likeness (QED) is 0.862. The van der Waals surface area contributed by atoms with E-state index in [1.54, 1.807) is 43.2 Å². The average Bonchev–Trinajstić information content (AvgIpc) is 3.07. The summed E-state index contributed by atoms with van der Waals surface area (Å²) in [5.41, 5.74) is 1.92. The number of H-pyrrole nitrogens is 1. The van der Waals surface area contributed by atoms with Gasteiger partial charge in [-0.05, 0) is 43.7 Å². The van der Waals surface area contributed by atoms with Crippen LogP contribution in [0.5, 0.6) is 5.75 Å². The number of hydrogen-bond donors (Lipinski definition) is 1. The summed E-state index contributed by atoms with van der Waals surface area (Å²) in [6.07, 6.45) is 0. The predicted octanol–water partition coefficient (Wildman–Crippen LogP) is 1.18. The molecule has 1 N–H and O–H groups in total. The number of hydrogen-bond acceptors (Lipinski definition) is 5. The van der Waals surface area contributed by atoms with Crippen molar-refractivity contribution in [3.63, 3.8) is 0 Å². The summed E-state index contributed by atoms with van der Waals surface area (Å²) in [6.45, 7) is 4.80. The normalized spacial score (nSPS) is 15.9. The minimum atomic E-state index is -3.60. The van der Waals surface area contributed by atoms with E-state index >= 15 is 0 Å². The third-order valence-corrected chi connectivity index (χ3v) is 6.35. The van der Waals surface area contributed by atoms with Crippen LogP contribution >= 0.6 is 0 Å². The lowest BCUT2D eigenvalue weighted by Crippen LogP contribution is -2.50. The Bertz CT molecular complexity index is 915. The molecule has 1 aromatic carbocycles. The van der Waals surface area contributed by atoms with Gasteiger partial charge in [0.15, 0.2) is 0 Å². The molecule has 3 rings (SSSR count). The van der Waals surface area contributed by atoms with Gasteiger partial charge in [-0.2, -0.15) is 9.40 Å². The molecule has 1 aliphatic heterocycles. The lowest BCUT2D eigenvalue weighted by atomic mass is 10.2. The van der Waals surface area contributed by atoms with E-state index < -0.39 is 10.0 Å². The molecule has 1 aromatic heterocycles. The summed E-state index contributed by atoms with van der Waals surface area (Å²) in [4.78, 5) is 14.3. The molecule has 0 spiro atoms.